The third-order valence-electron chi connectivity index (χ3n) is 4.75. The molecule has 4 heteroatoms. The number of amides is 1. The molecule has 4 unspecified atom stereocenters. The zero-order valence-corrected chi connectivity index (χ0v) is 12.4. The minimum Gasteiger partial charge on any atom is -0.353 e. The summed E-state index contributed by atoms with van der Waals surface area (Å²) < 4.78 is 0. The molecule has 0 aromatic rings. The SMILES string of the molecule is CC1CN(C)CCC1NC(=O)CC1CCCC(N)C1. The average molecular weight is 267 g/mol. The normalized spacial score (nSPS) is 37.0. The van der Waals surface area contributed by atoms with Gasteiger partial charge in [0.25, 0.3) is 0 Å². The maximum atomic E-state index is 12.1. The minimum atomic E-state index is 0.237. The fraction of sp³-hybridized carbons (Fsp3) is 0.933. The van der Waals surface area contributed by atoms with E-state index in [0.717, 1.165) is 32.4 Å². The minimum absolute atomic E-state index is 0.237. The van der Waals surface area contributed by atoms with Gasteiger partial charge in [0.15, 0.2) is 0 Å². The Morgan fingerprint density at radius 2 is 2.16 bits per heavy atom. The largest absolute Gasteiger partial charge is 0.353 e. The van der Waals surface area contributed by atoms with E-state index in [-0.39, 0.29) is 5.91 Å². The van der Waals surface area contributed by atoms with Crippen molar-refractivity contribution in [3.05, 3.63) is 0 Å². The van der Waals surface area contributed by atoms with Crippen molar-refractivity contribution < 1.29 is 4.79 Å². The molecule has 4 atom stereocenters. The van der Waals surface area contributed by atoms with Gasteiger partial charge in [-0.25, -0.2) is 0 Å². The molecule has 4 nitrogen and oxygen atoms in total. The second-order valence-corrected chi connectivity index (χ2v) is 6.70. The van der Waals surface area contributed by atoms with E-state index in [1.165, 1.54) is 12.8 Å². The Balaban J connectivity index is 1.74. The summed E-state index contributed by atoms with van der Waals surface area (Å²) in [5, 5.41) is 3.24. The fourth-order valence-corrected chi connectivity index (χ4v) is 3.61. The molecule has 19 heavy (non-hydrogen) atoms. The maximum absolute atomic E-state index is 12.1. The van der Waals surface area contributed by atoms with Gasteiger partial charge in [-0.05, 0) is 51.1 Å². The molecule has 1 saturated carbocycles. The monoisotopic (exact) mass is 267 g/mol. The second kappa shape index (κ2) is 6.71. The number of nitrogens with one attached hydrogen (secondary N) is 1. The molecule has 0 aromatic carbocycles. The van der Waals surface area contributed by atoms with E-state index in [1.54, 1.807) is 0 Å². The molecule has 2 aliphatic rings. The van der Waals surface area contributed by atoms with Crippen LogP contribution in [-0.4, -0.2) is 43.0 Å². The van der Waals surface area contributed by atoms with E-state index in [2.05, 4.69) is 24.2 Å². The highest BCUT2D eigenvalue weighted by Gasteiger charge is 2.27. The van der Waals surface area contributed by atoms with Crippen LogP contribution in [-0.2, 0) is 4.79 Å². The third-order valence-corrected chi connectivity index (χ3v) is 4.75. The lowest BCUT2D eigenvalue weighted by Crippen LogP contribution is -2.49. The van der Waals surface area contributed by atoms with Crippen LogP contribution < -0.4 is 11.1 Å². The van der Waals surface area contributed by atoms with E-state index < -0.39 is 0 Å². The molecule has 1 saturated heterocycles. The first-order valence-corrected chi connectivity index (χ1v) is 7.78. The van der Waals surface area contributed by atoms with Crippen LogP contribution >= 0.6 is 0 Å². The Kier molecular flexibility index (Phi) is 5.22. The quantitative estimate of drug-likeness (QED) is 0.811. The first-order valence-electron chi connectivity index (χ1n) is 7.78. The van der Waals surface area contributed by atoms with Crippen molar-refractivity contribution >= 4 is 5.91 Å². The molecule has 1 aliphatic carbocycles. The number of hydrogen-bond donors (Lipinski definition) is 2. The van der Waals surface area contributed by atoms with Gasteiger partial charge in [0, 0.05) is 25.0 Å². The summed E-state index contributed by atoms with van der Waals surface area (Å²) in [6, 6.07) is 0.676. The predicted molar refractivity (Wildman–Crippen MR) is 77.8 cm³/mol. The molecule has 0 bridgehead atoms. The van der Waals surface area contributed by atoms with Gasteiger partial charge in [0.1, 0.15) is 0 Å². The molecule has 2 fully saturated rings. The Morgan fingerprint density at radius 3 is 2.84 bits per heavy atom. The maximum Gasteiger partial charge on any atom is 0.220 e. The van der Waals surface area contributed by atoms with Crippen molar-refractivity contribution in [2.24, 2.45) is 17.6 Å². The van der Waals surface area contributed by atoms with Crippen LogP contribution in [0.15, 0.2) is 0 Å². The number of piperidine rings is 1. The molecular formula is C15H29N3O. The summed E-state index contributed by atoms with van der Waals surface area (Å²) in [6.07, 6.45) is 6.26. The van der Waals surface area contributed by atoms with Crippen LogP contribution in [0.25, 0.3) is 0 Å². The van der Waals surface area contributed by atoms with E-state index in [4.69, 9.17) is 5.73 Å². The van der Waals surface area contributed by atoms with Crippen LogP contribution in [0.2, 0.25) is 0 Å². The summed E-state index contributed by atoms with van der Waals surface area (Å²) in [4.78, 5) is 14.5. The summed E-state index contributed by atoms with van der Waals surface area (Å²) in [6.45, 7) is 4.40. The number of nitrogens with two attached hydrogens (primary N) is 1. The Morgan fingerprint density at radius 1 is 1.37 bits per heavy atom. The Hall–Kier alpha value is -0.610. The number of carbonyl (C=O) groups excluding carboxylic acids is 1. The molecule has 0 aromatic heterocycles. The van der Waals surface area contributed by atoms with Gasteiger partial charge in [0.2, 0.25) is 5.91 Å². The molecule has 1 amide bonds. The Labute approximate surface area is 117 Å². The zero-order chi connectivity index (χ0) is 13.8. The van der Waals surface area contributed by atoms with Crippen molar-refractivity contribution in [1.29, 1.82) is 0 Å². The van der Waals surface area contributed by atoms with Gasteiger partial charge in [-0.1, -0.05) is 13.3 Å². The van der Waals surface area contributed by atoms with Crippen LogP contribution in [0.1, 0.15) is 45.4 Å². The second-order valence-electron chi connectivity index (χ2n) is 6.70. The lowest BCUT2D eigenvalue weighted by atomic mass is 9.84. The smallest absolute Gasteiger partial charge is 0.220 e. The Bertz CT molecular complexity index is 308. The van der Waals surface area contributed by atoms with Crippen molar-refractivity contribution in [1.82, 2.24) is 10.2 Å². The summed E-state index contributed by atoms with van der Waals surface area (Å²) in [5.41, 5.74) is 5.99. The number of carbonyl (C=O) groups is 1. The molecule has 0 spiro atoms. The van der Waals surface area contributed by atoms with Crippen LogP contribution in [0.5, 0.6) is 0 Å². The molecule has 3 N–H and O–H groups in total. The van der Waals surface area contributed by atoms with E-state index in [1.807, 2.05) is 0 Å². The third kappa shape index (κ3) is 4.46. The summed E-state index contributed by atoms with van der Waals surface area (Å²) in [5.74, 6) is 1.29. The van der Waals surface area contributed by atoms with Crippen LogP contribution in [0.3, 0.4) is 0 Å². The van der Waals surface area contributed by atoms with Gasteiger partial charge in [-0.3, -0.25) is 4.79 Å². The van der Waals surface area contributed by atoms with Crippen molar-refractivity contribution in [3.63, 3.8) is 0 Å². The van der Waals surface area contributed by atoms with Crippen molar-refractivity contribution in [2.75, 3.05) is 20.1 Å². The predicted octanol–water partition coefficient (Wildman–Crippen LogP) is 1.35. The number of rotatable bonds is 3. The summed E-state index contributed by atoms with van der Waals surface area (Å²) in [7, 11) is 2.15. The number of hydrogen-bond acceptors (Lipinski definition) is 3. The molecule has 110 valence electrons. The first-order chi connectivity index (χ1) is 9.04. The lowest BCUT2D eigenvalue weighted by molar-refractivity contribution is -0.123. The summed E-state index contributed by atoms with van der Waals surface area (Å²) >= 11 is 0. The van der Waals surface area contributed by atoms with Crippen molar-refractivity contribution in [3.8, 4) is 0 Å². The first kappa shape index (κ1) is 14.8. The zero-order valence-electron chi connectivity index (χ0n) is 12.4. The number of nitrogens with zero attached hydrogens (tertiary/aromatic N) is 1. The molecule has 1 aliphatic heterocycles. The fourth-order valence-electron chi connectivity index (χ4n) is 3.61. The lowest BCUT2D eigenvalue weighted by Gasteiger charge is -2.35. The van der Waals surface area contributed by atoms with Gasteiger partial charge in [-0.2, -0.15) is 0 Å². The standard InChI is InChI=1S/C15H29N3O/c1-11-10-18(2)7-6-14(11)17-15(19)9-12-4-3-5-13(16)8-12/h11-14H,3-10,16H2,1-2H3,(H,17,19). The van der Waals surface area contributed by atoms with E-state index in [9.17, 15) is 4.79 Å². The highest BCUT2D eigenvalue weighted by Crippen LogP contribution is 2.26. The van der Waals surface area contributed by atoms with Crippen LogP contribution in [0.4, 0.5) is 0 Å². The highest BCUT2D eigenvalue weighted by molar-refractivity contribution is 5.76. The van der Waals surface area contributed by atoms with Crippen molar-refractivity contribution in [2.45, 2.75) is 57.5 Å². The number of likely N-dealkylation sites (tertiary alicyclic amines) is 1. The molecule has 1 heterocycles. The molecule has 0 radical (unpaired) electrons. The van der Waals surface area contributed by atoms with Gasteiger partial charge < -0.3 is 16.0 Å². The van der Waals surface area contributed by atoms with E-state index >= 15 is 0 Å². The van der Waals surface area contributed by atoms with Gasteiger partial charge >= 0.3 is 0 Å². The van der Waals surface area contributed by atoms with Gasteiger partial charge in [0.05, 0.1) is 0 Å². The van der Waals surface area contributed by atoms with E-state index in [0.29, 0.717) is 30.3 Å². The average Bonchev–Trinajstić information content (AvgIpc) is 2.33. The van der Waals surface area contributed by atoms with Crippen LogP contribution in [0, 0.1) is 11.8 Å². The highest BCUT2D eigenvalue weighted by atomic mass is 16.1. The van der Waals surface area contributed by atoms with Gasteiger partial charge in [-0.15, -0.1) is 0 Å². The molecular weight excluding hydrogens is 238 g/mol. The molecule has 2 rings (SSSR count). The topological polar surface area (TPSA) is 58.4 Å².